The van der Waals surface area contributed by atoms with Gasteiger partial charge in [0.2, 0.25) is 0 Å². The van der Waals surface area contributed by atoms with Gasteiger partial charge in [0.05, 0.1) is 5.56 Å². The number of aromatic nitrogens is 1. The van der Waals surface area contributed by atoms with Gasteiger partial charge < -0.3 is 10.9 Å². The fourth-order valence-electron chi connectivity index (χ4n) is 1.64. The maximum Gasteiger partial charge on any atom is 0.417 e. The van der Waals surface area contributed by atoms with Crippen molar-refractivity contribution in [3.8, 4) is 0 Å². The highest BCUT2D eigenvalue weighted by Gasteiger charge is 2.34. The number of rotatable bonds is 3. The Balaban J connectivity index is 2.43. The summed E-state index contributed by atoms with van der Waals surface area (Å²) in [5, 5.41) is 11.3. The Hall–Kier alpha value is -2.22. The molecule has 0 saturated carbocycles. The first-order chi connectivity index (χ1) is 9.91. The Bertz CT molecular complexity index is 659. The summed E-state index contributed by atoms with van der Waals surface area (Å²) in [6.45, 7) is 0. The summed E-state index contributed by atoms with van der Waals surface area (Å²) in [4.78, 5) is 5.21. The van der Waals surface area contributed by atoms with Gasteiger partial charge in [-0.1, -0.05) is 16.9 Å². The van der Waals surface area contributed by atoms with Crippen LogP contribution in [0.4, 0.5) is 13.2 Å². The summed E-state index contributed by atoms with van der Waals surface area (Å²) < 4.78 is 38.7. The van der Waals surface area contributed by atoms with Crippen molar-refractivity contribution in [1.82, 2.24) is 4.98 Å². The highest BCUT2D eigenvalue weighted by Crippen LogP contribution is 2.35. The molecule has 0 radical (unpaired) electrons. The van der Waals surface area contributed by atoms with Crippen molar-refractivity contribution < 1.29 is 18.4 Å². The van der Waals surface area contributed by atoms with E-state index < -0.39 is 17.6 Å². The number of alkyl halides is 3. The van der Waals surface area contributed by atoms with Crippen molar-refractivity contribution in [1.29, 1.82) is 0 Å². The van der Waals surface area contributed by atoms with E-state index in [2.05, 4.69) is 10.1 Å². The van der Waals surface area contributed by atoms with Crippen LogP contribution in [-0.2, 0) is 6.18 Å². The number of hydrogen-bond acceptors (Lipinski definition) is 4. The summed E-state index contributed by atoms with van der Waals surface area (Å²) in [7, 11) is 0. The molecule has 0 aliphatic rings. The Labute approximate surface area is 122 Å². The van der Waals surface area contributed by atoms with Crippen molar-refractivity contribution in [3.05, 3.63) is 53.9 Å². The van der Waals surface area contributed by atoms with Crippen molar-refractivity contribution >= 4 is 17.6 Å². The van der Waals surface area contributed by atoms with Crippen molar-refractivity contribution in [2.45, 2.75) is 16.0 Å². The zero-order valence-corrected chi connectivity index (χ0v) is 11.3. The van der Waals surface area contributed by atoms with Gasteiger partial charge in [0.25, 0.3) is 0 Å². The number of benzene rings is 1. The quantitative estimate of drug-likeness (QED) is 0.394. The van der Waals surface area contributed by atoms with Crippen LogP contribution >= 0.6 is 11.8 Å². The van der Waals surface area contributed by atoms with Gasteiger partial charge in [0.15, 0.2) is 5.84 Å². The molecule has 1 aromatic heterocycles. The molecule has 0 spiro atoms. The number of oxime groups is 1. The van der Waals surface area contributed by atoms with Crippen LogP contribution in [0, 0.1) is 0 Å². The van der Waals surface area contributed by atoms with Crippen molar-refractivity contribution in [2.75, 3.05) is 0 Å². The third-order valence-electron chi connectivity index (χ3n) is 2.57. The first-order valence-corrected chi connectivity index (χ1v) is 6.50. The van der Waals surface area contributed by atoms with Crippen LogP contribution in [0.25, 0.3) is 0 Å². The van der Waals surface area contributed by atoms with E-state index in [1.54, 1.807) is 24.5 Å². The van der Waals surface area contributed by atoms with E-state index in [9.17, 15) is 13.2 Å². The van der Waals surface area contributed by atoms with E-state index in [1.165, 1.54) is 23.9 Å². The minimum absolute atomic E-state index is 0.357. The topological polar surface area (TPSA) is 71.5 Å². The van der Waals surface area contributed by atoms with Crippen LogP contribution in [0.2, 0.25) is 0 Å². The SMILES string of the molecule is N/C(=N/O)c1cc(Sc2ccncc2)ccc1C(F)(F)F. The molecule has 0 atom stereocenters. The average molecular weight is 313 g/mol. The van der Waals surface area contributed by atoms with Crippen LogP contribution in [0.3, 0.4) is 0 Å². The van der Waals surface area contributed by atoms with Crippen LogP contribution in [0.15, 0.2) is 57.7 Å². The Kier molecular flexibility index (Phi) is 4.37. The minimum Gasteiger partial charge on any atom is -0.409 e. The van der Waals surface area contributed by atoms with Gasteiger partial charge in [-0.05, 0) is 30.3 Å². The van der Waals surface area contributed by atoms with Gasteiger partial charge in [0, 0.05) is 27.7 Å². The molecule has 0 aliphatic heterocycles. The summed E-state index contributed by atoms with van der Waals surface area (Å²) >= 11 is 1.25. The van der Waals surface area contributed by atoms with E-state index in [1.807, 2.05) is 0 Å². The smallest absolute Gasteiger partial charge is 0.409 e. The maximum absolute atomic E-state index is 12.9. The molecule has 0 aliphatic carbocycles. The second-order valence-corrected chi connectivity index (χ2v) is 5.12. The molecule has 1 heterocycles. The van der Waals surface area contributed by atoms with Gasteiger partial charge in [-0.25, -0.2) is 0 Å². The maximum atomic E-state index is 12.9. The van der Waals surface area contributed by atoms with Gasteiger partial charge in [-0.15, -0.1) is 0 Å². The van der Waals surface area contributed by atoms with E-state index in [4.69, 9.17) is 10.9 Å². The molecule has 0 fully saturated rings. The van der Waals surface area contributed by atoms with Gasteiger partial charge in [-0.2, -0.15) is 13.2 Å². The molecule has 21 heavy (non-hydrogen) atoms. The monoisotopic (exact) mass is 313 g/mol. The molecule has 2 rings (SSSR count). The lowest BCUT2D eigenvalue weighted by molar-refractivity contribution is -0.137. The number of pyridine rings is 1. The zero-order valence-electron chi connectivity index (χ0n) is 10.5. The number of halogens is 3. The molecular formula is C13H10F3N3OS. The number of hydrogen-bond donors (Lipinski definition) is 2. The second kappa shape index (κ2) is 6.04. The largest absolute Gasteiger partial charge is 0.417 e. The Morgan fingerprint density at radius 2 is 1.81 bits per heavy atom. The summed E-state index contributed by atoms with van der Waals surface area (Å²) in [6.07, 6.45) is -1.42. The average Bonchev–Trinajstić information content (AvgIpc) is 2.46. The molecule has 0 bridgehead atoms. The molecule has 1 aromatic carbocycles. The Morgan fingerprint density at radius 1 is 1.14 bits per heavy atom. The first kappa shape index (κ1) is 15.2. The summed E-state index contributed by atoms with van der Waals surface area (Å²) in [5.74, 6) is -0.584. The van der Waals surface area contributed by atoms with E-state index >= 15 is 0 Å². The van der Waals surface area contributed by atoms with E-state index in [0.717, 1.165) is 11.0 Å². The normalized spacial score (nSPS) is 12.4. The van der Waals surface area contributed by atoms with Crippen LogP contribution < -0.4 is 5.73 Å². The lowest BCUT2D eigenvalue weighted by Gasteiger charge is -2.13. The zero-order chi connectivity index (χ0) is 15.5. The standard InChI is InChI=1S/C13H10F3N3OS/c14-13(15,16)11-2-1-9(7-10(11)12(17)19-20)21-8-3-5-18-6-4-8/h1-7,20H,(H2,17,19). The molecule has 0 saturated heterocycles. The molecule has 0 amide bonds. The summed E-state index contributed by atoms with van der Waals surface area (Å²) in [5.41, 5.74) is 4.03. The first-order valence-electron chi connectivity index (χ1n) is 5.69. The van der Waals surface area contributed by atoms with Crippen LogP contribution in [0.1, 0.15) is 11.1 Å². The van der Waals surface area contributed by atoms with Gasteiger partial charge in [0.1, 0.15) is 0 Å². The fourth-order valence-corrected chi connectivity index (χ4v) is 2.49. The molecule has 0 unspecified atom stereocenters. The number of nitrogens with zero attached hydrogens (tertiary/aromatic N) is 2. The molecule has 2 aromatic rings. The molecule has 4 nitrogen and oxygen atoms in total. The highest BCUT2D eigenvalue weighted by atomic mass is 32.2. The van der Waals surface area contributed by atoms with Gasteiger partial charge >= 0.3 is 6.18 Å². The fraction of sp³-hybridized carbons (Fsp3) is 0.0769. The highest BCUT2D eigenvalue weighted by molar-refractivity contribution is 7.99. The minimum atomic E-state index is -4.58. The molecule has 3 N–H and O–H groups in total. The third-order valence-corrected chi connectivity index (χ3v) is 3.56. The second-order valence-electron chi connectivity index (χ2n) is 3.98. The molecule has 110 valence electrons. The van der Waals surface area contributed by atoms with Gasteiger partial charge in [-0.3, -0.25) is 4.98 Å². The van der Waals surface area contributed by atoms with E-state index in [0.29, 0.717) is 4.90 Å². The molecular weight excluding hydrogens is 303 g/mol. The third kappa shape index (κ3) is 3.66. The predicted molar refractivity (Wildman–Crippen MR) is 72.3 cm³/mol. The lowest BCUT2D eigenvalue weighted by atomic mass is 10.1. The Morgan fingerprint density at radius 3 is 2.38 bits per heavy atom. The number of amidine groups is 1. The number of nitrogens with two attached hydrogens (primary N) is 1. The van der Waals surface area contributed by atoms with Crippen molar-refractivity contribution in [2.24, 2.45) is 10.9 Å². The molecule has 8 heteroatoms. The van der Waals surface area contributed by atoms with Crippen molar-refractivity contribution in [3.63, 3.8) is 0 Å². The van der Waals surface area contributed by atoms with Crippen LogP contribution in [0.5, 0.6) is 0 Å². The van der Waals surface area contributed by atoms with Crippen LogP contribution in [-0.4, -0.2) is 16.0 Å². The lowest BCUT2D eigenvalue weighted by Crippen LogP contribution is -2.20. The predicted octanol–water partition coefficient (Wildman–Crippen LogP) is 3.35. The summed E-state index contributed by atoms with van der Waals surface area (Å²) in [6, 6.07) is 6.94. The van der Waals surface area contributed by atoms with E-state index in [-0.39, 0.29) is 5.56 Å².